The van der Waals surface area contributed by atoms with Crippen LogP contribution in [0.1, 0.15) is 21.9 Å². The highest BCUT2D eigenvalue weighted by Gasteiger charge is 2.13. The van der Waals surface area contributed by atoms with Crippen LogP contribution < -0.4 is 5.32 Å². The normalized spacial score (nSPS) is 10.7. The Labute approximate surface area is 122 Å². The summed E-state index contributed by atoms with van der Waals surface area (Å²) < 4.78 is 5.27. The van der Waals surface area contributed by atoms with E-state index in [-0.39, 0.29) is 5.76 Å². The molecule has 5 heteroatoms. The van der Waals surface area contributed by atoms with Crippen LogP contribution in [0.5, 0.6) is 0 Å². The number of benzene rings is 1. The highest BCUT2D eigenvalue weighted by molar-refractivity contribution is 7.99. The first kappa shape index (κ1) is 14.7. The van der Waals surface area contributed by atoms with Gasteiger partial charge >= 0.3 is 5.97 Å². The van der Waals surface area contributed by atoms with Crippen LogP contribution in [-0.4, -0.2) is 23.4 Å². The van der Waals surface area contributed by atoms with Crippen LogP contribution in [0.2, 0.25) is 0 Å². The van der Waals surface area contributed by atoms with Gasteiger partial charge < -0.3 is 14.8 Å². The lowest BCUT2D eigenvalue weighted by Crippen LogP contribution is -2.16. The number of nitrogens with one attached hydrogen (secondary N) is 1. The molecule has 0 aliphatic rings. The van der Waals surface area contributed by atoms with Crippen LogP contribution >= 0.6 is 11.8 Å². The molecule has 0 radical (unpaired) electrons. The van der Waals surface area contributed by atoms with Crippen LogP contribution in [-0.2, 0) is 6.54 Å². The molecule has 0 bridgehead atoms. The SMILES string of the molecule is Cc1cc(CNCCSc2ccccc2)oc1C(=O)O. The predicted octanol–water partition coefficient (Wildman–Crippen LogP) is 3.17. The zero-order valence-corrected chi connectivity index (χ0v) is 12.1. The minimum absolute atomic E-state index is 0.0282. The molecule has 0 saturated heterocycles. The van der Waals surface area contributed by atoms with Crippen molar-refractivity contribution in [3.63, 3.8) is 0 Å². The highest BCUT2D eigenvalue weighted by atomic mass is 32.2. The van der Waals surface area contributed by atoms with E-state index in [1.807, 2.05) is 18.2 Å². The average Bonchev–Trinajstić information content (AvgIpc) is 2.81. The van der Waals surface area contributed by atoms with Gasteiger partial charge in [0.25, 0.3) is 0 Å². The number of carboxylic acid groups (broad SMARTS) is 1. The second kappa shape index (κ2) is 7.17. The number of aryl methyl sites for hydroxylation is 1. The van der Waals surface area contributed by atoms with Gasteiger partial charge in [-0.15, -0.1) is 11.8 Å². The average molecular weight is 291 g/mol. The third-order valence-electron chi connectivity index (χ3n) is 2.75. The molecule has 0 fully saturated rings. The number of rotatable bonds is 7. The molecule has 0 unspecified atom stereocenters. The van der Waals surface area contributed by atoms with Gasteiger partial charge in [0.05, 0.1) is 6.54 Å². The van der Waals surface area contributed by atoms with Crippen LogP contribution in [0.15, 0.2) is 45.7 Å². The fraction of sp³-hybridized carbons (Fsp3) is 0.267. The molecule has 1 heterocycles. The Kier molecular flexibility index (Phi) is 5.26. The molecule has 2 rings (SSSR count). The topological polar surface area (TPSA) is 62.5 Å². The van der Waals surface area contributed by atoms with Gasteiger partial charge in [-0.25, -0.2) is 4.79 Å². The first-order chi connectivity index (χ1) is 9.66. The van der Waals surface area contributed by atoms with Gasteiger partial charge in [-0.2, -0.15) is 0 Å². The Hall–Kier alpha value is -1.72. The molecule has 0 aliphatic carbocycles. The van der Waals surface area contributed by atoms with Crippen molar-refractivity contribution in [2.45, 2.75) is 18.4 Å². The number of hydrogen-bond donors (Lipinski definition) is 2. The first-order valence-corrected chi connectivity index (χ1v) is 7.36. The van der Waals surface area contributed by atoms with E-state index in [0.717, 1.165) is 12.3 Å². The molecular weight excluding hydrogens is 274 g/mol. The third kappa shape index (κ3) is 4.15. The summed E-state index contributed by atoms with van der Waals surface area (Å²) in [4.78, 5) is 12.1. The Bertz CT molecular complexity index is 566. The predicted molar refractivity (Wildman–Crippen MR) is 79.3 cm³/mol. The summed E-state index contributed by atoms with van der Waals surface area (Å²) in [5.74, 6) is 0.619. The van der Waals surface area contributed by atoms with E-state index in [1.54, 1.807) is 24.8 Å². The van der Waals surface area contributed by atoms with E-state index in [2.05, 4.69) is 17.4 Å². The summed E-state index contributed by atoms with van der Waals surface area (Å²) >= 11 is 1.78. The molecule has 0 spiro atoms. The van der Waals surface area contributed by atoms with Crippen LogP contribution in [0.25, 0.3) is 0 Å². The molecule has 4 nitrogen and oxygen atoms in total. The molecule has 2 N–H and O–H groups in total. The molecular formula is C15H17NO3S. The molecule has 1 aromatic heterocycles. The van der Waals surface area contributed by atoms with Gasteiger partial charge in [0.2, 0.25) is 5.76 Å². The highest BCUT2D eigenvalue weighted by Crippen LogP contribution is 2.16. The zero-order valence-electron chi connectivity index (χ0n) is 11.3. The smallest absolute Gasteiger partial charge is 0.372 e. The van der Waals surface area contributed by atoms with Crippen molar-refractivity contribution >= 4 is 17.7 Å². The summed E-state index contributed by atoms with van der Waals surface area (Å²) in [5.41, 5.74) is 0.660. The maximum atomic E-state index is 10.9. The number of furan rings is 1. The minimum Gasteiger partial charge on any atom is -0.475 e. The Balaban J connectivity index is 1.71. The van der Waals surface area contributed by atoms with Crippen molar-refractivity contribution < 1.29 is 14.3 Å². The lowest BCUT2D eigenvalue weighted by molar-refractivity contribution is 0.0659. The van der Waals surface area contributed by atoms with Gasteiger partial charge in [-0.05, 0) is 25.1 Å². The van der Waals surface area contributed by atoms with E-state index < -0.39 is 5.97 Å². The van der Waals surface area contributed by atoms with E-state index in [4.69, 9.17) is 9.52 Å². The molecule has 0 saturated carbocycles. The lowest BCUT2D eigenvalue weighted by Gasteiger charge is -2.03. The van der Waals surface area contributed by atoms with E-state index in [9.17, 15) is 4.79 Å². The van der Waals surface area contributed by atoms with Gasteiger partial charge in [0.15, 0.2) is 0 Å². The minimum atomic E-state index is -1.02. The summed E-state index contributed by atoms with van der Waals surface area (Å²) in [7, 11) is 0. The van der Waals surface area contributed by atoms with E-state index in [1.165, 1.54) is 4.90 Å². The zero-order chi connectivity index (χ0) is 14.4. The largest absolute Gasteiger partial charge is 0.475 e. The fourth-order valence-corrected chi connectivity index (χ4v) is 2.65. The summed E-state index contributed by atoms with van der Waals surface area (Å²) in [6.07, 6.45) is 0. The molecule has 1 aromatic carbocycles. The monoisotopic (exact) mass is 291 g/mol. The fourth-order valence-electron chi connectivity index (χ4n) is 1.82. The summed E-state index contributed by atoms with van der Waals surface area (Å²) in [5, 5.41) is 12.1. The lowest BCUT2D eigenvalue weighted by atomic mass is 10.2. The summed E-state index contributed by atoms with van der Waals surface area (Å²) in [6, 6.07) is 12.0. The second-order valence-corrected chi connectivity index (χ2v) is 5.54. The molecule has 20 heavy (non-hydrogen) atoms. The number of aromatic carboxylic acids is 1. The van der Waals surface area contributed by atoms with Gasteiger partial charge in [0.1, 0.15) is 5.76 Å². The number of carboxylic acids is 1. The van der Waals surface area contributed by atoms with Crippen molar-refractivity contribution in [2.24, 2.45) is 0 Å². The van der Waals surface area contributed by atoms with Crippen molar-refractivity contribution in [1.82, 2.24) is 5.32 Å². The standard InChI is InChI=1S/C15H17NO3S/c1-11-9-12(19-14(11)15(17)18)10-16-7-8-20-13-5-3-2-4-6-13/h2-6,9,16H,7-8,10H2,1H3,(H,17,18). The maximum absolute atomic E-state index is 10.9. The first-order valence-electron chi connectivity index (χ1n) is 6.38. The Morgan fingerprint density at radius 1 is 1.35 bits per heavy atom. The number of hydrogen-bond acceptors (Lipinski definition) is 4. The quantitative estimate of drug-likeness (QED) is 0.606. The molecule has 0 atom stereocenters. The van der Waals surface area contributed by atoms with Crippen LogP contribution in [0.4, 0.5) is 0 Å². The van der Waals surface area contributed by atoms with Gasteiger partial charge in [-0.1, -0.05) is 18.2 Å². The van der Waals surface area contributed by atoms with Crippen molar-refractivity contribution in [3.8, 4) is 0 Å². The van der Waals surface area contributed by atoms with Gasteiger partial charge in [-0.3, -0.25) is 0 Å². The molecule has 0 amide bonds. The number of thioether (sulfide) groups is 1. The van der Waals surface area contributed by atoms with Crippen LogP contribution in [0, 0.1) is 6.92 Å². The Morgan fingerprint density at radius 2 is 2.10 bits per heavy atom. The van der Waals surface area contributed by atoms with Crippen molar-refractivity contribution in [2.75, 3.05) is 12.3 Å². The third-order valence-corrected chi connectivity index (χ3v) is 3.77. The number of carbonyl (C=O) groups is 1. The molecule has 2 aromatic rings. The molecule has 106 valence electrons. The van der Waals surface area contributed by atoms with Crippen molar-refractivity contribution in [1.29, 1.82) is 0 Å². The Morgan fingerprint density at radius 3 is 2.75 bits per heavy atom. The van der Waals surface area contributed by atoms with E-state index >= 15 is 0 Å². The van der Waals surface area contributed by atoms with Crippen LogP contribution in [0.3, 0.4) is 0 Å². The van der Waals surface area contributed by atoms with Crippen molar-refractivity contribution in [3.05, 3.63) is 53.5 Å². The molecule has 0 aliphatic heterocycles. The summed E-state index contributed by atoms with van der Waals surface area (Å²) in [6.45, 7) is 3.12. The van der Waals surface area contributed by atoms with Gasteiger partial charge in [0, 0.05) is 22.8 Å². The maximum Gasteiger partial charge on any atom is 0.372 e. The van der Waals surface area contributed by atoms with E-state index in [0.29, 0.717) is 17.9 Å². The second-order valence-electron chi connectivity index (χ2n) is 4.37.